The largest absolute Gasteiger partial charge is 1.00 e. The quantitative estimate of drug-likeness (QED) is 0.256. The minimum Gasteiger partial charge on any atom is -0.412 e. The van der Waals surface area contributed by atoms with Crippen molar-refractivity contribution in [2.45, 2.75) is 18.6 Å². The minimum absolute atomic E-state index is 0. The third-order valence-electron chi connectivity index (χ3n) is 2.60. The Morgan fingerprint density at radius 2 is 1.56 bits per heavy atom. The smallest absolute Gasteiger partial charge is 0.412 e. The third kappa shape index (κ3) is 4.32. The summed E-state index contributed by atoms with van der Waals surface area (Å²) in [6, 6.07) is 0. The van der Waals surface area contributed by atoms with Gasteiger partial charge in [0.1, 0.15) is 0 Å². The molecule has 1 spiro atoms. The van der Waals surface area contributed by atoms with Crippen molar-refractivity contribution in [3.63, 3.8) is 0 Å². The van der Waals surface area contributed by atoms with E-state index >= 15 is 0 Å². The van der Waals surface area contributed by atoms with Crippen molar-refractivity contribution in [2.75, 3.05) is 26.3 Å². The molecule has 4 N–H and O–H groups in total. The summed E-state index contributed by atoms with van der Waals surface area (Å²) >= 11 is 9.88. The Bertz CT molecular complexity index is 216. The second-order valence-electron chi connectivity index (χ2n) is 3.36. The zero-order valence-corrected chi connectivity index (χ0v) is 13.0. The molecule has 2 saturated heterocycles. The summed E-state index contributed by atoms with van der Waals surface area (Å²) in [6.07, 6.45) is 1.76. The predicted octanol–water partition coefficient (Wildman–Crippen LogP) is -3.99. The predicted molar refractivity (Wildman–Crippen MR) is 62.6 cm³/mol. The number of hydrogen-bond donors (Lipinski definition) is 0. The summed E-state index contributed by atoms with van der Waals surface area (Å²) in [6.45, 7) is 3.17. The second kappa shape index (κ2) is 8.12. The van der Waals surface area contributed by atoms with Crippen LogP contribution in [-0.4, -0.2) is 52.3 Å². The van der Waals surface area contributed by atoms with Gasteiger partial charge in [-0.1, -0.05) is 4.32 Å². The molecule has 90 valence electrons. The Balaban J connectivity index is 0. The summed E-state index contributed by atoms with van der Waals surface area (Å²) in [4.78, 5) is 2.03. The van der Waals surface area contributed by atoms with Gasteiger partial charge in [-0.05, 0) is 0 Å². The first-order valence-corrected chi connectivity index (χ1v) is 5.27. The number of likely N-dealkylation sites (tertiary alicyclic amines) is 1. The van der Waals surface area contributed by atoms with Crippen LogP contribution in [0.1, 0.15) is 12.8 Å². The molecule has 0 aromatic rings. The molecule has 2 rings (SSSR count). The van der Waals surface area contributed by atoms with Crippen LogP contribution < -0.4 is 29.6 Å². The van der Waals surface area contributed by atoms with Crippen molar-refractivity contribution in [1.82, 2.24) is 4.90 Å². The maximum Gasteiger partial charge on any atom is 1.00 e. The number of thiocarbonyl (C=S) groups is 1. The van der Waals surface area contributed by atoms with Crippen LogP contribution in [0.5, 0.6) is 0 Å². The molecule has 8 heteroatoms. The fourth-order valence-corrected chi connectivity index (χ4v) is 2.18. The third-order valence-corrected chi connectivity index (χ3v) is 3.11. The minimum atomic E-state index is -0.309. The van der Waals surface area contributed by atoms with Gasteiger partial charge in [0.25, 0.3) is 0 Å². The number of rotatable bonds is 0. The van der Waals surface area contributed by atoms with Crippen LogP contribution in [0.15, 0.2) is 0 Å². The van der Waals surface area contributed by atoms with Crippen LogP contribution in [0.3, 0.4) is 0 Å². The van der Waals surface area contributed by atoms with Gasteiger partial charge in [0, 0.05) is 25.9 Å². The van der Waals surface area contributed by atoms with Gasteiger partial charge in [0.15, 0.2) is 5.79 Å². The normalized spacial score (nSPS) is 21.6. The van der Waals surface area contributed by atoms with Gasteiger partial charge in [-0.25, -0.2) is 0 Å². The number of ether oxygens (including phenoxy) is 2. The van der Waals surface area contributed by atoms with E-state index in [9.17, 15) is 0 Å². The Kier molecular flexibility index (Phi) is 9.79. The average molecular weight is 277 g/mol. The summed E-state index contributed by atoms with van der Waals surface area (Å²) < 4.78 is 11.7. The molecule has 0 unspecified atom stereocenters. The maximum atomic E-state index is 5.58. The van der Waals surface area contributed by atoms with Crippen molar-refractivity contribution in [3.05, 3.63) is 0 Å². The van der Waals surface area contributed by atoms with Gasteiger partial charge in [0.2, 0.25) is 0 Å². The van der Waals surface area contributed by atoms with Gasteiger partial charge in [0.05, 0.1) is 13.2 Å². The molecular formula is C8H16NNaO4S2. The first-order valence-electron chi connectivity index (χ1n) is 4.46. The molecule has 5 nitrogen and oxygen atoms in total. The second-order valence-corrected chi connectivity index (χ2v) is 4.39. The first-order chi connectivity index (χ1) is 6.22. The SMILES string of the molecule is O.O.S=C([S-])N1CCC2(CC1)OCCO2.[Na+]. The molecule has 0 aromatic carbocycles. The molecule has 16 heavy (non-hydrogen) atoms. The Labute approximate surface area is 128 Å². The van der Waals surface area contributed by atoms with E-state index in [2.05, 4.69) is 0 Å². The van der Waals surface area contributed by atoms with Gasteiger partial charge < -0.3 is 50.2 Å². The molecule has 0 radical (unpaired) electrons. The van der Waals surface area contributed by atoms with E-state index in [1.165, 1.54) is 0 Å². The van der Waals surface area contributed by atoms with E-state index in [1.54, 1.807) is 0 Å². The zero-order valence-electron chi connectivity index (χ0n) is 9.32. The Hall–Kier alpha value is 0.950. The van der Waals surface area contributed by atoms with Gasteiger partial charge in [-0.2, -0.15) is 0 Å². The molecule has 0 aliphatic carbocycles. The molecule has 2 fully saturated rings. The van der Waals surface area contributed by atoms with Crippen LogP contribution in [-0.2, 0) is 22.1 Å². The first kappa shape index (κ1) is 19.3. The number of piperidine rings is 1. The van der Waals surface area contributed by atoms with Crippen molar-refractivity contribution >= 4 is 29.2 Å². The van der Waals surface area contributed by atoms with E-state index in [-0.39, 0.29) is 46.3 Å². The molecule has 2 aliphatic heterocycles. The fraction of sp³-hybridized carbons (Fsp3) is 0.875. The Morgan fingerprint density at radius 3 is 1.94 bits per heavy atom. The van der Waals surface area contributed by atoms with Crippen LogP contribution in [0.25, 0.3) is 0 Å². The number of hydrogen-bond acceptors (Lipinski definition) is 4. The van der Waals surface area contributed by atoms with Gasteiger partial charge >= 0.3 is 29.6 Å². The van der Waals surface area contributed by atoms with Crippen LogP contribution in [0.4, 0.5) is 0 Å². The van der Waals surface area contributed by atoms with Crippen molar-refractivity contribution in [1.29, 1.82) is 0 Å². The summed E-state index contributed by atoms with van der Waals surface area (Å²) in [5, 5.41) is 0. The molecule has 0 aromatic heterocycles. The molecule has 0 amide bonds. The summed E-state index contributed by atoms with van der Waals surface area (Å²) in [5.74, 6) is -0.309. The fourth-order valence-electron chi connectivity index (χ4n) is 1.82. The zero-order chi connectivity index (χ0) is 9.31. The molecule has 0 atom stereocenters. The summed E-state index contributed by atoms with van der Waals surface area (Å²) in [7, 11) is 0. The van der Waals surface area contributed by atoms with E-state index in [4.69, 9.17) is 34.3 Å². The molecule has 0 bridgehead atoms. The van der Waals surface area contributed by atoms with E-state index < -0.39 is 0 Å². The van der Waals surface area contributed by atoms with E-state index in [0.29, 0.717) is 4.32 Å². The standard InChI is InChI=1S/C8H13NO2S2.Na.2H2O/c12-7(13)9-3-1-8(2-4-9)10-5-6-11-8;;;/h1-6H2,(H,12,13);;2*1H2/q;+1;;/p-1. The van der Waals surface area contributed by atoms with Gasteiger partial charge in [-0.3, -0.25) is 0 Å². The Morgan fingerprint density at radius 1 is 1.12 bits per heavy atom. The summed E-state index contributed by atoms with van der Waals surface area (Å²) in [5.41, 5.74) is 0. The van der Waals surface area contributed by atoms with E-state index in [0.717, 1.165) is 39.1 Å². The van der Waals surface area contributed by atoms with Crippen molar-refractivity contribution in [2.24, 2.45) is 0 Å². The average Bonchev–Trinajstić information content (AvgIpc) is 2.54. The van der Waals surface area contributed by atoms with Gasteiger partial charge in [-0.15, -0.1) is 0 Å². The van der Waals surface area contributed by atoms with Crippen molar-refractivity contribution in [3.8, 4) is 0 Å². The molecular weight excluding hydrogens is 261 g/mol. The van der Waals surface area contributed by atoms with Crippen LogP contribution in [0, 0.1) is 0 Å². The number of nitrogens with zero attached hydrogens (tertiary/aromatic N) is 1. The maximum absolute atomic E-state index is 5.58. The molecule has 0 saturated carbocycles. The monoisotopic (exact) mass is 277 g/mol. The molecule has 2 aliphatic rings. The van der Waals surface area contributed by atoms with E-state index in [1.807, 2.05) is 4.90 Å². The van der Waals surface area contributed by atoms with Crippen molar-refractivity contribution < 1.29 is 50.0 Å². The molecule has 2 heterocycles. The van der Waals surface area contributed by atoms with Crippen LogP contribution in [0.2, 0.25) is 0 Å². The topological polar surface area (TPSA) is 84.7 Å². The van der Waals surface area contributed by atoms with Crippen LogP contribution >= 0.6 is 12.2 Å².